The minimum absolute atomic E-state index is 0.341. The fraction of sp³-hybridized carbons (Fsp3) is 0.214. The second kappa shape index (κ2) is 7.22. The van der Waals surface area contributed by atoms with Crippen molar-refractivity contribution in [3.63, 3.8) is 0 Å². The molecule has 34 heavy (non-hydrogen) atoms. The van der Waals surface area contributed by atoms with Gasteiger partial charge in [-0.15, -0.1) is 0 Å². The smallest absolute Gasteiger partial charge is 0.198 e. The largest absolute Gasteiger partial charge is 0.363 e. The fourth-order valence-corrected chi connectivity index (χ4v) is 4.85. The van der Waals surface area contributed by atoms with Crippen molar-refractivity contribution in [1.82, 2.24) is 9.97 Å². The summed E-state index contributed by atoms with van der Waals surface area (Å²) >= 11 is 0. The Labute approximate surface area is 198 Å². The van der Waals surface area contributed by atoms with Crippen LogP contribution in [0.4, 0.5) is 0 Å². The number of fused-ring (bicyclic) bond motifs is 2. The standard InChI is InChI=1S/C28H26N6/c1-27(2,23-19-11-7-5-9-17(19)13-29-23)21-15-31-25(33-21)26-32-16-22(34-26)28(3,4)24-20-12-8-6-10-18(20)14-30-24/h5-16,29-30H,1-4H3/b26-25-. The molecule has 6 nitrogen and oxygen atoms in total. The highest BCUT2D eigenvalue weighted by molar-refractivity contribution is 6.38. The van der Waals surface area contributed by atoms with E-state index in [2.05, 4.69) is 96.2 Å². The van der Waals surface area contributed by atoms with Gasteiger partial charge in [0.15, 0.2) is 11.6 Å². The van der Waals surface area contributed by atoms with E-state index in [0.717, 1.165) is 22.8 Å². The van der Waals surface area contributed by atoms with E-state index in [-0.39, 0.29) is 10.8 Å². The van der Waals surface area contributed by atoms with Crippen molar-refractivity contribution in [1.29, 1.82) is 0 Å². The van der Waals surface area contributed by atoms with Crippen LogP contribution in [0.5, 0.6) is 0 Å². The van der Waals surface area contributed by atoms with Gasteiger partial charge in [0.05, 0.1) is 23.9 Å². The van der Waals surface area contributed by atoms with Crippen molar-refractivity contribution in [3.05, 3.63) is 84.0 Å². The Balaban J connectivity index is 1.35. The molecule has 6 rings (SSSR count). The number of H-pyrrole nitrogens is 2. The number of hydrogen-bond donors (Lipinski definition) is 2. The van der Waals surface area contributed by atoms with Crippen molar-refractivity contribution >= 4 is 45.4 Å². The first-order valence-electron chi connectivity index (χ1n) is 11.5. The average Bonchev–Trinajstić information content (AvgIpc) is 3.63. The Hall–Kier alpha value is -4.06. The van der Waals surface area contributed by atoms with Crippen molar-refractivity contribution in [2.45, 2.75) is 38.5 Å². The quantitative estimate of drug-likeness (QED) is 0.381. The lowest BCUT2D eigenvalue weighted by atomic mass is 9.82. The van der Waals surface area contributed by atoms with E-state index >= 15 is 0 Å². The minimum Gasteiger partial charge on any atom is -0.363 e. The van der Waals surface area contributed by atoms with Crippen molar-refractivity contribution < 1.29 is 0 Å². The highest BCUT2D eigenvalue weighted by Gasteiger charge is 2.34. The summed E-state index contributed by atoms with van der Waals surface area (Å²) in [6.07, 6.45) is 7.76. The molecule has 0 radical (unpaired) electrons. The monoisotopic (exact) mass is 446 g/mol. The van der Waals surface area contributed by atoms with Crippen molar-refractivity contribution in [2.24, 2.45) is 20.0 Å². The molecule has 0 saturated heterocycles. The molecule has 0 amide bonds. The Morgan fingerprint density at radius 2 is 1.00 bits per heavy atom. The Kier molecular flexibility index (Phi) is 4.36. The molecule has 0 unspecified atom stereocenters. The summed E-state index contributed by atoms with van der Waals surface area (Å²) in [5.74, 6) is 1.11. The Bertz CT molecular complexity index is 1480. The first-order chi connectivity index (χ1) is 16.4. The van der Waals surface area contributed by atoms with Crippen molar-refractivity contribution in [3.8, 4) is 0 Å². The maximum Gasteiger partial charge on any atom is 0.198 e. The van der Waals surface area contributed by atoms with Gasteiger partial charge in [0.2, 0.25) is 0 Å². The third kappa shape index (κ3) is 3.02. The molecular formula is C28H26N6. The predicted molar refractivity (Wildman–Crippen MR) is 142 cm³/mol. The van der Waals surface area contributed by atoms with Crippen LogP contribution in [-0.4, -0.2) is 33.8 Å². The van der Waals surface area contributed by atoms with E-state index in [0.29, 0.717) is 11.6 Å². The van der Waals surface area contributed by atoms with Crippen LogP contribution in [0.2, 0.25) is 0 Å². The number of rotatable bonds is 4. The number of nitrogens with zero attached hydrogens (tertiary/aromatic N) is 4. The van der Waals surface area contributed by atoms with Gasteiger partial charge in [-0.1, -0.05) is 48.5 Å². The molecule has 2 N–H and O–H groups in total. The average molecular weight is 447 g/mol. The van der Waals surface area contributed by atoms with Gasteiger partial charge in [0, 0.05) is 45.4 Å². The van der Waals surface area contributed by atoms with E-state index in [9.17, 15) is 0 Å². The highest BCUT2D eigenvalue weighted by Crippen LogP contribution is 2.35. The van der Waals surface area contributed by atoms with Crippen LogP contribution in [-0.2, 0) is 10.8 Å². The molecule has 2 aliphatic heterocycles. The van der Waals surface area contributed by atoms with Gasteiger partial charge in [-0.3, -0.25) is 0 Å². The van der Waals surface area contributed by atoms with Crippen LogP contribution in [0.15, 0.2) is 92.5 Å². The number of nitrogens with one attached hydrogen (secondary N) is 2. The molecule has 4 heterocycles. The molecule has 0 bridgehead atoms. The molecule has 0 atom stereocenters. The van der Waals surface area contributed by atoms with E-state index in [1.807, 2.05) is 24.8 Å². The van der Waals surface area contributed by atoms with Gasteiger partial charge >= 0.3 is 0 Å². The topological polar surface area (TPSA) is 81.0 Å². The molecule has 4 aromatic rings. The van der Waals surface area contributed by atoms with E-state index in [4.69, 9.17) is 9.98 Å². The zero-order valence-electron chi connectivity index (χ0n) is 19.7. The SMILES string of the molecule is CC(C)(C1=N/C(=C2/N=CC(C(C)(C)c3[nH]cc4ccccc34)=N2)N=C1)c1[nH]cc2ccccc12. The predicted octanol–water partition coefficient (Wildman–Crippen LogP) is 6.08. The Morgan fingerprint density at radius 1 is 0.588 bits per heavy atom. The third-order valence-electron chi connectivity index (χ3n) is 7.01. The summed E-state index contributed by atoms with van der Waals surface area (Å²) in [5, 5.41) is 4.77. The van der Waals surface area contributed by atoms with Crippen LogP contribution in [0.3, 0.4) is 0 Å². The van der Waals surface area contributed by atoms with Gasteiger partial charge in [-0.2, -0.15) is 0 Å². The van der Waals surface area contributed by atoms with Gasteiger partial charge < -0.3 is 9.97 Å². The number of hydrogen-bond acceptors (Lipinski definition) is 4. The van der Waals surface area contributed by atoms with Crippen molar-refractivity contribution in [2.75, 3.05) is 0 Å². The summed E-state index contributed by atoms with van der Waals surface area (Å²) in [4.78, 5) is 25.8. The molecule has 6 heteroatoms. The van der Waals surface area contributed by atoms with Crippen LogP contribution < -0.4 is 0 Å². The number of aromatic amines is 2. The lowest BCUT2D eigenvalue weighted by molar-refractivity contribution is 0.707. The number of aliphatic imine (C=N–C) groups is 4. The summed E-state index contributed by atoms with van der Waals surface area (Å²) in [7, 11) is 0. The van der Waals surface area contributed by atoms with Gasteiger partial charge in [-0.25, -0.2) is 20.0 Å². The van der Waals surface area contributed by atoms with E-state index in [1.54, 1.807) is 0 Å². The lowest BCUT2D eigenvalue weighted by Gasteiger charge is -2.23. The zero-order valence-corrected chi connectivity index (χ0v) is 19.7. The second-order valence-electron chi connectivity index (χ2n) is 9.91. The van der Waals surface area contributed by atoms with Crippen LogP contribution in [0, 0.1) is 0 Å². The molecule has 0 fully saturated rings. The first-order valence-corrected chi connectivity index (χ1v) is 11.5. The molecule has 168 valence electrons. The maximum absolute atomic E-state index is 4.86. The molecule has 2 aliphatic rings. The van der Waals surface area contributed by atoms with Gasteiger partial charge in [0.1, 0.15) is 0 Å². The fourth-order valence-electron chi connectivity index (χ4n) is 4.85. The molecule has 0 spiro atoms. The Morgan fingerprint density at radius 3 is 1.44 bits per heavy atom. The summed E-state index contributed by atoms with van der Waals surface area (Å²) in [5.41, 5.74) is 3.34. The molecular weight excluding hydrogens is 420 g/mol. The summed E-state index contributed by atoms with van der Waals surface area (Å²) in [6, 6.07) is 16.7. The molecule has 0 aliphatic carbocycles. The molecule has 2 aromatic heterocycles. The normalized spacial score (nSPS) is 18.4. The third-order valence-corrected chi connectivity index (χ3v) is 7.01. The number of benzene rings is 2. The lowest BCUT2D eigenvalue weighted by Crippen LogP contribution is -2.29. The molecule has 2 aromatic carbocycles. The van der Waals surface area contributed by atoms with Crippen LogP contribution in [0.1, 0.15) is 39.1 Å². The maximum atomic E-state index is 4.86. The summed E-state index contributed by atoms with van der Waals surface area (Å²) in [6.45, 7) is 8.65. The second-order valence-corrected chi connectivity index (χ2v) is 9.91. The van der Waals surface area contributed by atoms with Gasteiger partial charge in [-0.05, 0) is 38.5 Å². The van der Waals surface area contributed by atoms with Crippen LogP contribution in [0.25, 0.3) is 21.5 Å². The van der Waals surface area contributed by atoms with Crippen LogP contribution >= 0.6 is 0 Å². The van der Waals surface area contributed by atoms with E-state index < -0.39 is 0 Å². The highest BCUT2D eigenvalue weighted by atomic mass is 15.1. The van der Waals surface area contributed by atoms with Gasteiger partial charge in [0.25, 0.3) is 0 Å². The summed E-state index contributed by atoms with van der Waals surface area (Å²) < 4.78 is 0. The zero-order chi connectivity index (χ0) is 23.5. The minimum atomic E-state index is -0.341. The molecule has 0 saturated carbocycles. The number of aromatic nitrogens is 2. The first kappa shape index (κ1) is 20.5. The van der Waals surface area contributed by atoms with E-state index in [1.165, 1.54) is 21.5 Å².